The van der Waals surface area contributed by atoms with Gasteiger partial charge in [0.05, 0.1) is 6.54 Å². The van der Waals surface area contributed by atoms with Gasteiger partial charge < -0.3 is 16.4 Å². The van der Waals surface area contributed by atoms with Crippen molar-refractivity contribution >= 4 is 11.8 Å². The summed E-state index contributed by atoms with van der Waals surface area (Å²) in [5.74, 6) is -0.430. The molecule has 0 fully saturated rings. The van der Waals surface area contributed by atoms with Crippen LogP contribution in [-0.4, -0.2) is 31.4 Å². The van der Waals surface area contributed by atoms with E-state index in [2.05, 4.69) is 10.6 Å². The Morgan fingerprint density at radius 1 is 1.42 bits per heavy atom. The van der Waals surface area contributed by atoms with Gasteiger partial charge in [-0.3, -0.25) is 9.59 Å². The molecule has 0 aliphatic heterocycles. The molecule has 5 heteroatoms. The SMILES string of the molecule is CCNC(=O)CNCCC(N)=O. The summed E-state index contributed by atoms with van der Waals surface area (Å²) < 4.78 is 0. The van der Waals surface area contributed by atoms with Gasteiger partial charge in [-0.2, -0.15) is 0 Å². The van der Waals surface area contributed by atoms with Crippen LogP contribution in [0.2, 0.25) is 0 Å². The minimum atomic E-state index is -0.363. The number of hydrogen-bond donors (Lipinski definition) is 3. The number of carbonyl (C=O) groups is 2. The van der Waals surface area contributed by atoms with Crippen LogP contribution in [0.25, 0.3) is 0 Å². The zero-order valence-corrected chi connectivity index (χ0v) is 7.22. The van der Waals surface area contributed by atoms with Crippen molar-refractivity contribution in [2.24, 2.45) is 5.73 Å². The molecule has 0 radical (unpaired) electrons. The molecule has 0 spiro atoms. The fourth-order valence-corrected chi connectivity index (χ4v) is 0.673. The number of nitrogens with two attached hydrogens (primary N) is 1. The minimum Gasteiger partial charge on any atom is -0.370 e. The summed E-state index contributed by atoms with van der Waals surface area (Å²) in [5, 5.41) is 5.40. The summed E-state index contributed by atoms with van der Waals surface area (Å²) in [5.41, 5.74) is 4.89. The van der Waals surface area contributed by atoms with Crippen molar-refractivity contribution < 1.29 is 9.59 Å². The molecular formula is C7H15N3O2. The van der Waals surface area contributed by atoms with Crippen molar-refractivity contribution in [3.8, 4) is 0 Å². The van der Waals surface area contributed by atoms with Crippen LogP contribution < -0.4 is 16.4 Å². The lowest BCUT2D eigenvalue weighted by atomic mass is 10.4. The number of primary amides is 1. The molecule has 4 N–H and O–H groups in total. The van der Waals surface area contributed by atoms with Gasteiger partial charge in [0.15, 0.2) is 0 Å². The van der Waals surface area contributed by atoms with Crippen LogP contribution in [-0.2, 0) is 9.59 Å². The van der Waals surface area contributed by atoms with E-state index in [4.69, 9.17) is 5.73 Å². The van der Waals surface area contributed by atoms with Crippen molar-refractivity contribution in [2.45, 2.75) is 13.3 Å². The van der Waals surface area contributed by atoms with Gasteiger partial charge in [0.2, 0.25) is 11.8 Å². The number of hydrogen-bond acceptors (Lipinski definition) is 3. The summed E-state index contributed by atoms with van der Waals surface area (Å²) in [7, 11) is 0. The fourth-order valence-electron chi connectivity index (χ4n) is 0.673. The van der Waals surface area contributed by atoms with Gasteiger partial charge in [-0.15, -0.1) is 0 Å². The van der Waals surface area contributed by atoms with Crippen molar-refractivity contribution in [2.75, 3.05) is 19.6 Å². The third-order valence-electron chi connectivity index (χ3n) is 1.21. The number of likely N-dealkylation sites (N-methyl/N-ethyl adjacent to an activating group) is 1. The van der Waals surface area contributed by atoms with E-state index in [1.807, 2.05) is 6.92 Å². The second-order valence-corrected chi connectivity index (χ2v) is 2.35. The van der Waals surface area contributed by atoms with Crippen LogP contribution in [0.15, 0.2) is 0 Å². The molecule has 0 saturated carbocycles. The monoisotopic (exact) mass is 173 g/mol. The molecule has 12 heavy (non-hydrogen) atoms. The van der Waals surface area contributed by atoms with Crippen molar-refractivity contribution in [3.63, 3.8) is 0 Å². The van der Waals surface area contributed by atoms with E-state index in [1.165, 1.54) is 0 Å². The summed E-state index contributed by atoms with van der Waals surface area (Å²) in [4.78, 5) is 21.0. The van der Waals surface area contributed by atoms with E-state index in [-0.39, 0.29) is 24.8 Å². The summed E-state index contributed by atoms with van der Waals surface area (Å²) in [6, 6.07) is 0. The summed E-state index contributed by atoms with van der Waals surface area (Å²) in [6.45, 7) is 3.16. The van der Waals surface area contributed by atoms with Gasteiger partial charge in [-0.1, -0.05) is 0 Å². The molecule has 5 nitrogen and oxygen atoms in total. The smallest absolute Gasteiger partial charge is 0.233 e. The van der Waals surface area contributed by atoms with Crippen molar-refractivity contribution in [3.05, 3.63) is 0 Å². The fraction of sp³-hybridized carbons (Fsp3) is 0.714. The molecule has 0 aromatic carbocycles. The van der Waals surface area contributed by atoms with Gasteiger partial charge in [0.1, 0.15) is 0 Å². The molecule has 0 atom stereocenters. The Labute approximate surface area is 71.7 Å². The second kappa shape index (κ2) is 6.60. The highest BCUT2D eigenvalue weighted by Gasteiger charge is 1.98. The molecule has 0 saturated heterocycles. The molecule has 0 aromatic rings. The normalized spacial score (nSPS) is 9.42. The number of nitrogens with one attached hydrogen (secondary N) is 2. The van der Waals surface area contributed by atoms with E-state index >= 15 is 0 Å². The van der Waals surface area contributed by atoms with Gasteiger partial charge in [-0.05, 0) is 6.92 Å². The first-order chi connectivity index (χ1) is 5.66. The maximum absolute atomic E-state index is 10.8. The van der Waals surface area contributed by atoms with E-state index in [0.717, 1.165) is 0 Å². The molecule has 0 aliphatic carbocycles. The maximum Gasteiger partial charge on any atom is 0.233 e. The topological polar surface area (TPSA) is 84.2 Å². The lowest BCUT2D eigenvalue weighted by Crippen LogP contribution is -2.34. The van der Waals surface area contributed by atoms with E-state index in [1.54, 1.807) is 0 Å². The standard InChI is InChI=1S/C7H15N3O2/c1-2-10-7(12)5-9-4-3-6(8)11/h9H,2-5H2,1H3,(H2,8,11)(H,10,12). The van der Waals surface area contributed by atoms with Gasteiger partial charge in [0, 0.05) is 19.5 Å². The van der Waals surface area contributed by atoms with E-state index < -0.39 is 0 Å². The maximum atomic E-state index is 10.8. The predicted octanol–water partition coefficient (Wildman–Crippen LogP) is -1.41. The molecule has 70 valence electrons. The number of amides is 2. The van der Waals surface area contributed by atoms with E-state index in [9.17, 15) is 9.59 Å². The minimum absolute atomic E-state index is 0.0676. The third-order valence-corrected chi connectivity index (χ3v) is 1.21. The zero-order valence-electron chi connectivity index (χ0n) is 7.22. The van der Waals surface area contributed by atoms with Gasteiger partial charge in [0.25, 0.3) is 0 Å². The summed E-state index contributed by atoms with van der Waals surface area (Å²) in [6.07, 6.45) is 0.263. The predicted molar refractivity (Wildman–Crippen MR) is 45.4 cm³/mol. The van der Waals surface area contributed by atoms with Crippen LogP contribution in [0.5, 0.6) is 0 Å². The Bertz CT molecular complexity index is 159. The Balaban J connectivity index is 3.19. The highest BCUT2D eigenvalue weighted by Crippen LogP contribution is 1.72. The third kappa shape index (κ3) is 7.01. The van der Waals surface area contributed by atoms with Crippen molar-refractivity contribution in [1.29, 1.82) is 0 Å². The first-order valence-corrected chi connectivity index (χ1v) is 3.92. The molecule has 2 amide bonds. The number of rotatable bonds is 6. The van der Waals surface area contributed by atoms with Crippen molar-refractivity contribution in [1.82, 2.24) is 10.6 Å². The Morgan fingerprint density at radius 3 is 2.58 bits per heavy atom. The first kappa shape index (κ1) is 10.9. The highest BCUT2D eigenvalue weighted by atomic mass is 16.2. The highest BCUT2D eigenvalue weighted by molar-refractivity contribution is 5.78. The molecule has 0 unspecified atom stereocenters. The number of carbonyl (C=O) groups excluding carboxylic acids is 2. The summed E-state index contributed by atoms with van der Waals surface area (Å²) >= 11 is 0. The lowest BCUT2D eigenvalue weighted by Gasteiger charge is -2.02. The van der Waals surface area contributed by atoms with Crippen LogP contribution in [0, 0.1) is 0 Å². The van der Waals surface area contributed by atoms with Crippen LogP contribution >= 0.6 is 0 Å². The molecular weight excluding hydrogens is 158 g/mol. The molecule has 0 aliphatic rings. The Morgan fingerprint density at radius 2 is 2.08 bits per heavy atom. The van der Waals surface area contributed by atoms with Gasteiger partial charge in [-0.25, -0.2) is 0 Å². The van der Waals surface area contributed by atoms with Gasteiger partial charge >= 0.3 is 0 Å². The lowest BCUT2D eigenvalue weighted by molar-refractivity contribution is -0.121. The molecule has 0 rings (SSSR count). The average Bonchev–Trinajstić information content (AvgIpc) is 1.98. The molecule has 0 heterocycles. The Hall–Kier alpha value is -1.10. The first-order valence-electron chi connectivity index (χ1n) is 3.92. The van der Waals surface area contributed by atoms with Crippen LogP contribution in [0.4, 0.5) is 0 Å². The van der Waals surface area contributed by atoms with Crippen LogP contribution in [0.3, 0.4) is 0 Å². The molecule has 0 aromatic heterocycles. The second-order valence-electron chi connectivity index (χ2n) is 2.35. The largest absolute Gasteiger partial charge is 0.370 e. The van der Waals surface area contributed by atoms with E-state index in [0.29, 0.717) is 13.1 Å². The zero-order chi connectivity index (χ0) is 9.40. The average molecular weight is 173 g/mol. The quantitative estimate of drug-likeness (QED) is 0.431. The molecule has 0 bridgehead atoms. The Kier molecular flexibility index (Phi) is 6.00. The van der Waals surface area contributed by atoms with Crippen LogP contribution in [0.1, 0.15) is 13.3 Å².